The van der Waals surface area contributed by atoms with Crippen molar-refractivity contribution in [2.75, 3.05) is 20.2 Å². The molecule has 1 aromatic rings. The van der Waals surface area contributed by atoms with Gasteiger partial charge in [-0.1, -0.05) is 6.07 Å². The zero-order chi connectivity index (χ0) is 32.2. The van der Waals surface area contributed by atoms with E-state index in [1.807, 2.05) is 6.21 Å². The van der Waals surface area contributed by atoms with Gasteiger partial charge < -0.3 is 15.4 Å². The van der Waals surface area contributed by atoms with Crippen molar-refractivity contribution in [2.24, 2.45) is 22.2 Å². The van der Waals surface area contributed by atoms with Crippen molar-refractivity contribution in [3.8, 4) is 0 Å². The molecule has 2 N–H and O–H groups in total. The van der Waals surface area contributed by atoms with E-state index in [4.69, 9.17) is 4.74 Å². The Labute approximate surface area is 267 Å². The first-order valence-electron chi connectivity index (χ1n) is 16.5. The van der Waals surface area contributed by atoms with Gasteiger partial charge in [0.1, 0.15) is 6.04 Å². The maximum absolute atomic E-state index is 14.3. The van der Waals surface area contributed by atoms with Gasteiger partial charge in [0.15, 0.2) is 11.6 Å². The number of likely N-dealkylation sites (tertiary alicyclic amines) is 1. The number of carbonyl (C=O) groups excluding carboxylic acids is 3. The summed E-state index contributed by atoms with van der Waals surface area (Å²) in [6.45, 7) is 3.02. The standard InChI is InChI=1S/C35H41F2N5O4/c1-20-30(32(43)46-2)31(23-5-8-27(36)28(37)17-23)42(33(44)39-20)34(45)40-25-12-16-41(19-25)26-6-3-21(4-7-26)22-9-13-35(14-10-22)24-11-15-38-29(35)18-24/h5,8,11,15,17-18,21-22,25-26,31H,3-4,6-7,9-10,12-14,16,19H2,1-2H3,(H,39,44)(H,40,45)/t21?,22?,25-,26?,31+,35?/m1/s1. The molecular formula is C35H41F2N5O4. The van der Waals surface area contributed by atoms with Gasteiger partial charge in [0.05, 0.1) is 18.4 Å². The van der Waals surface area contributed by atoms with Crippen LogP contribution in [0.1, 0.15) is 76.3 Å². The van der Waals surface area contributed by atoms with Crippen LogP contribution in [0.5, 0.6) is 0 Å². The SMILES string of the molecule is COC(=O)C1=C(C)NC(=O)N(C(=O)N[C@@H]2CCN(C3CCC(C4CCC5(CC4)c4ccnc5c4)CC3)C2)[C@H]1c1ccc(F)c(F)c1. The Morgan fingerprint density at radius 1 is 1.04 bits per heavy atom. The summed E-state index contributed by atoms with van der Waals surface area (Å²) in [4.78, 5) is 47.6. The van der Waals surface area contributed by atoms with Crippen molar-refractivity contribution in [2.45, 2.75) is 82.8 Å². The smallest absolute Gasteiger partial charge is 0.337 e. The zero-order valence-electron chi connectivity index (χ0n) is 26.4. The number of rotatable bonds is 5. The van der Waals surface area contributed by atoms with Crippen LogP contribution < -0.4 is 10.6 Å². The van der Waals surface area contributed by atoms with Crippen molar-refractivity contribution in [1.29, 1.82) is 0 Å². The Hall–Kier alpha value is -3.86. The number of esters is 1. The summed E-state index contributed by atoms with van der Waals surface area (Å²) in [6.07, 6.45) is 16.9. The second-order valence-electron chi connectivity index (χ2n) is 13.8. The number of hydrogen-bond acceptors (Lipinski definition) is 6. The molecule has 2 atom stereocenters. The van der Waals surface area contributed by atoms with Crippen molar-refractivity contribution < 1.29 is 27.9 Å². The van der Waals surface area contributed by atoms with E-state index in [-0.39, 0.29) is 28.3 Å². The highest BCUT2D eigenvalue weighted by Gasteiger charge is 2.49. The fraction of sp³-hybridized carbons (Fsp3) is 0.543. The van der Waals surface area contributed by atoms with Gasteiger partial charge in [0, 0.05) is 42.5 Å². The summed E-state index contributed by atoms with van der Waals surface area (Å²) in [5.41, 5.74) is 3.25. The van der Waals surface area contributed by atoms with Crippen LogP contribution in [0.15, 0.2) is 57.9 Å². The van der Waals surface area contributed by atoms with Crippen molar-refractivity contribution >= 4 is 24.2 Å². The fourth-order valence-electron chi connectivity index (χ4n) is 8.95. The van der Waals surface area contributed by atoms with Crippen LogP contribution in [-0.2, 0) is 9.53 Å². The van der Waals surface area contributed by atoms with Crippen molar-refractivity contribution in [1.82, 2.24) is 20.4 Å². The minimum Gasteiger partial charge on any atom is -0.466 e. The van der Waals surface area contributed by atoms with E-state index >= 15 is 0 Å². The molecule has 4 amide bonds. The lowest BCUT2D eigenvalue weighted by atomic mass is 9.56. The normalized spacial score (nSPS) is 32.5. The lowest BCUT2D eigenvalue weighted by molar-refractivity contribution is -0.136. The molecule has 7 rings (SSSR count). The van der Waals surface area contributed by atoms with Gasteiger partial charge in [-0.2, -0.15) is 0 Å². The minimum atomic E-state index is -1.29. The van der Waals surface area contributed by atoms with Crippen LogP contribution in [0.4, 0.5) is 18.4 Å². The monoisotopic (exact) mass is 633 g/mol. The van der Waals surface area contributed by atoms with E-state index < -0.39 is 35.7 Å². The molecule has 2 bridgehead atoms. The number of benzene rings is 1. The average molecular weight is 634 g/mol. The third-order valence-corrected chi connectivity index (χ3v) is 11.5. The molecule has 0 radical (unpaired) electrons. The number of amides is 4. The summed E-state index contributed by atoms with van der Waals surface area (Å²) in [6, 6.07) is 0.586. The predicted octanol–water partition coefficient (Wildman–Crippen LogP) is 5.91. The molecule has 3 fully saturated rings. The van der Waals surface area contributed by atoms with Crippen LogP contribution in [-0.4, -0.2) is 66.3 Å². The Morgan fingerprint density at radius 3 is 2.43 bits per heavy atom. The lowest BCUT2D eigenvalue weighted by Gasteiger charge is -2.50. The largest absolute Gasteiger partial charge is 0.466 e. The first kappa shape index (κ1) is 30.8. The number of ether oxygens (including phenoxy) is 1. The Balaban J connectivity index is 0.959. The number of dihydropyridines is 1. The molecule has 0 unspecified atom stereocenters. The molecule has 244 valence electrons. The predicted molar refractivity (Wildman–Crippen MR) is 167 cm³/mol. The molecule has 3 aliphatic heterocycles. The van der Waals surface area contributed by atoms with E-state index in [0.717, 1.165) is 54.7 Å². The summed E-state index contributed by atoms with van der Waals surface area (Å²) in [7, 11) is 1.18. The molecule has 0 aromatic heterocycles. The summed E-state index contributed by atoms with van der Waals surface area (Å²) >= 11 is 0. The molecule has 2 saturated carbocycles. The Morgan fingerprint density at radius 2 is 1.78 bits per heavy atom. The van der Waals surface area contributed by atoms with Gasteiger partial charge in [-0.15, -0.1) is 0 Å². The van der Waals surface area contributed by atoms with E-state index in [1.165, 1.54) is 69.9 Å². The molecule has 9 nitrogen and oxygen atoms in total. The fourth-order valence-corrected chi connectivity index (χ4v) is 8.95. The van der Waals surface area contributed by atoms with E-state index in [1.54, 1.807) is 0 Å². The molecule has 1 saturated heterocycles. The number of imide groups is 1. The third kappa shape index (κ3) is 5.26. The number of urea groups is 2. The van der Waals surface area contributed by atoms with Gasteiger partial charge in [-0.05, 0) is 112 Å². The van der Waals surface area contributed by atoms with Crippen LogP contribution in [0.2, 0.25) is 0 Å². The summed E-state index contributed by atoms with van der Waals surface area (Å²) in [5, 5.41) is 5.54. The number of carbonyl (C=O) groups is 3. The van der Waals surface area contributed by atoms with Gasteiger partial charge in [0.25, 0.3) is 0 Å². The van der Waals surface area contributed by atoms with Gasteiger partial charge in [-0.3, -0.25) is 9.89 Å². The molecule has 1 aromatic carbocycles. The minimum absolute atomic E-state index is 0.0283. The van der Waals surface area contributed by atoms with Crippen LogP contribution in [0.3, 0.4) is 0 Å². The second kappa shape index (κ2) is 12.1. The van der Waals surface area contributed by atoms with E-state index in [9.17, 15) is 23.2 Å². The van der Waals surface area contributed by atoms with E-state index in [2.05, 4.69) is 32.7 Å². The highest BCUT2D eigenvalue weighted by atomic mass is 19.2. The number of aliphatic imine (C=N–C) groups is 1. The summed E-state index contributed by atoms with van der Waals surface area (Å²) < 4.78 is 33.0. The van der Waals surface area contributed by atoms with Gasteiger partial charge in [-0.25, -0.2) is 28.1 Å². The van der Waals surface area contributed by atoms with Gasteiger partial charge in [0.2, 0.25) is 0 Å². The molecule has 6 aliphatic rings. The third-order valence-electron chi connectivity index (χ3n) is 11.5. The first-order chi connectivity index (χ1) is 22.2. The van der Waals surface area contributed by atoms with E-state index in [0.29, 0.717) is 12.6 Å². The second-order valence-corrected chi connectivity index (χ2v) is 13.8. The maximum atomic E-state index is 14.3. The average Bonchev–Trinajstić information content (AvgIpc) is 3.54. The number of halogens is 2. The number of hydrogen-bond donors (Lipinski definition) is 2. The Bertz CT molecular complexity index is 1550. The highest BCUT2D eigenvalue weighted by Crippen LogP contribution is 2.59. The van der Waals surface area contributed by atoms with Gasteiger partial charge >= 0.3 is 18.0 Å². The Kier molecular flexibility index (Phi) is 8.07. The highest BCUT2D eigenvalue weighted by molar-refractivity contribution is 6.01. The molecule has 11 heteroatoms. The quantitative estimate of drug-likeness (QED) is 0.393. The summed E-state index contributed by atoms with van der Waals surface area (Å²) in [5.74, 6) is -1.45. The van der Waals surface area contributed by atoms with Crippen molar-refractivity contribution in [3.63, 3.8) is 0 Å². The molecular weight excluding hydrogens is 592 g/mol. The first-order valence-corrected chi connectivity index (χ1v) is 16.5. The molecule has 1 spiro atoms. The number of allylic oxidation sites excluding steroid dienone is 4. The van der Waals surface area contributed by atoms with Crippen molar-refractivity contribution in [3.05, 3.63) is 70.1 Å². The van der Waals surface area contributed by atoms with Crippen LogP contribution in [0.25, 0.3) is 0 Å². The number of methoxy groups -OCH3 is 1. The topological polar surface area (TPSA) is 103 Å². The zero-order valence-corrected chi connectivity index (χ0v) is 26.4. The molecule has 46 heavy (non-hydrogen) atoms. The number of nitrogens with zero attached hydrogens (tertiary/aromatic N) is 3. The molecule has 3 heterocycles. The molecule has 3 aliphatic carbocycles. The lowest BCUT2D eigenvalue weighted by Crippen LogP contribution is -2.56. The number of nitrogens with one attached hydrogen (secondary N) is 2. The van der Waals surface area contributed by atoms with Crippen LogP contribution in [0, 0.1) is 28.9 Å². The maximum Gasteiger partial charge on any atom is 0.337 e. The van der Waals surface area contributed by atoms with Crippen LogP contribution >= 0.6 is 0 Å².